The quantitative estimate of drug-likeness (QED) is 0.490. The highest BCUT2D eigenvalue weighted by Crippen LogP contribution is 2.32. The van der Waals surface area contributed by atoms with Gasteiger partial charge in [-0.25, -0.2) is 9.78 Å². The Morgan fingerprint density at radius 2 is 1.67 bits per heavy atom. The SMILES string of the molecule is O=C1NC2(CCN(C(=O)c3cc(-c4cccc5ccccc45)nc4ccccc34)CC2)CO1. The molecule has 2 aliphatic rings. The van der Waals surface area contributed by atoms with Gasteiger partial charge in [0.2, 0.25) is 0 Å². The Morgan fingerprint density at radius 1 is 0.939 bits per heavy atom. The molecule has 1 aromatic heterocycles. The number of fused-ring (bicyclic) bond motifs is 2. The van der Waals surface area contributed by atoms with Crippen LogP contribution in [0.2, 0.25) is 0 Å². The topological polar surface area (TPSA) is 71.5 Å². The maximum absolute atomic E-state index is 13.7. The molecular formula is C27H23N3O3. The van der Waals surface area contributed by atoms with E-state index in [0.717, 1.165) is 32.9 Å². The fourth-order valence-electron chi connectivity index (χ4n) is 5.01. The molecule has 0 saturated carbocycles. The second-order valence-corrected chi connectivity index (χ2v) is 8.87. The summed E-state index contributed by atoms with van der Waals surface area (Å²) < 4.78 is 5.12. The molecule has 0 radical (unpaired) electrons. The average molecular weight is 437 g/mol. The Balaban J connectivity index is 1.40. The molecule has 3 heterocycles. The van der Waals surface area contributed by atoms with Gasteiger partial charge < -0.3 is 15.0 Å². The Hall–Kier alpha value is -3.93. The first-order valence-corrected chi connectivity index (χ1v) is 11.2. The second kappa shape index (κ2) is 7.59. The molecule has 6 rings (SSSR count). The van der Waals surface area contributed by atoms with E-state index >= 15 is 0 Å². The van der Waals surface area contributed by atoms with Crippen LogP contribution in [0.4, 0.5) is 4.79 Å². The van der Waals surface area contributed by atoms with Crippen molar-refractivity contribution in [3.63, 3.8) is 0 Å². The molecule has 2 aliphatic heterocycles. The summed E-state index contributed by atoms with van der Waals surface area (Å²) in [4.78, 5) is 32.0. The number of nitrogens with zero attached hydrogens (tertiary/aromatic N) is 2. The van der Waals surface area contributed by atoms with Crippen molar-refractivity contribution in [3.8, 4) is 11.3 Å². The van der Waals surface area contributed by atoms with Gasteiger partial charge in [-0.15, -0.1) is 0 Å². The number of carbonyl (C=O) groups excluding carboxylic acids is 2. The first-order chi connectivity index (χ1) is 16.1. The molecule has 33 heavy (non-hydrogen) atoms. The number of ether oxygens (including phenoxy) is 1. The highest BCUT2D eigenvalue weighted by atomic mass is 16.6. The number of cyclic esters (lactones) is 1. The van der Waals surface area contributed by atoms with E-state index in [0.29, 0.717) is 38.1 Å². The van der Waals surface area contributed by atoms with E-state index in [1.54, 1.807) is 0 Å². The number of hydrogen-bond acceptors (Lipinski definition) is 4. The summed E-state index contributed by atoms with van der Waals surface area (Å²) in [5, 5.41) is 6.04. The Labute approximate surface area is 191 Å². The standard InChI is InChI=1S/C27H23N3O3/c31-25(30-14-12-27(13-15-30)17-33-26(32)29-27)22-16-24(28-23-11-4-3-9-21(22)23)20-10-5-7-18-6-1-2-8-19(18)20/h1-11,16H,12-15,17H2,(H,29,32). The smallest absolute Gasteiger partial charge is 0.407 e. The molecule has 2 amide bonds. The van der Waals surface area contributed by atoms with E-state index in [1.165, 1.54) is 0 Å². The van der Waals surface area contributed by atoms with Crippen molar-refractivity contribution in [2.75, 3.05) is 19.7 Å². The van der Waals surface area contributed by atoms with Gasteiger partial charge in [0.15, 0.2) is 0 Å². The number of alkyl carbamates (subject to hydrolysis) is 1. The highest BCUT2D eigenvalue weighted by Gasteiger charge is 2.43. The molecule has 2 fully saturated rings. The van der Waals surface area contributed by atoms with E-state index in [2.05, 4.69) is 29.6 Å². The van der Waals surface area contributed by atoms with Crippen molar-refractivity contribution >= 4 is 33.7 Å². The van der Waals surface area contributed by atoms with E-state index < -0.39 is 0 Å². The third-order valence-electron chi connectivity index (χ3n) is 6.87. The summed E-state index contributed by atoms with van der Waals surface area (Å²) in [6, 6.07) is 24.1. The molecule has 164 valence electrons. The van der Waals surface area contributed by atoms with Gasteiger partial charge in [0, 0.05) is 24.0 Å². The minimum Gasteiger partial charge on any atom is -0.447 e. The molecule has 0 atom stereocenters. The number of likely N-dealkylation sites (tertiary alicyclic amines) is 1. The van der Waals surface area contributed by atoms with E-state index in [9.17, 15) is 9.59 Å². The zero-order valence-electron chi connectivity index (χ0n) is 18.1. The lowest BCUT2D eigenvalue weighted by Crippen LogP contribution is -2.53. The minimum absolute atomic E-state index is 0.00446. The monoisotopic (exact) mass is 437 g/mol. The molecule has 4 aromatic rings. The number of pyridine rings is 1. The van der Waals surface area contributed by atoms with Gasteiger partial charge in [0.1, 0.15) is 6.61 Å². The van der Waals surface area contributed by atoms with Crippen LogP contribution in [-0.4, -0.2) is 47.1 Å². The van der Waals surface area contributed by atoms with E-state index in [1.807, 2.05) is 53.4 Å². The molecule has 6 heteroatoms. The summed E-state index contributed by atoms with van der Waals surface area (Å²) in [5.41, 5.74) is 2.92. The molecule has 1 N–H and O–H groups in total. The third kappa shape index (κ3) is 3.39. The normalized spacial score (nSPS) is 17.3. The van der Waals surface area contributed by atoms with Crippen molar-refractivity contribution in [1.82, 2.24) is 15.2 Å². The Bertz CT molecular complexity index is 1400. The van der Waals surface area contributed by atoms with Crippen molar-refractivity contribution in [3.05, 3.63) is 78.4 Å². The number of piperidine rings is 1. The Kier molecular flexibility index (Phi) is 4.54. The second-order valence-electron chi connectivity index (χ2n) is 8.87. The van der Waals surface area contributed by atoms with Crippen LogP contribution in [0.3, 0.4) is 0 Å². The van der Waals surface area contributed by atoms with Gasteiger partial charge in [0.25, 0.3) is 5.91 Å². The van der Waals surface area contributed by atoms with E-state index in [4.69, 9.17) is 9.72 Å². The van der Waals surface area contributed by atoms with Crippen LogP contribution in [-0.2, 0) is 4.74 Å². The van der Waals surface area contributed by atoms with Crippen LogP contribution in [0, 0.1) is 0 Å². The highest BCUT2D eigenvalue weighted by molar-refractivity contribution is 6.08. The minimum atomic E-state index is -0.366. The number of aromatic nitrogens is 1. The number of hydrogen-bond donors (Lipinski definition) is 1. The maximum atomic E-state index is 13.7. The molecule has 6 nitrogen and oxygen atoms in total. The first-order valence-electron chi connectivity index (χ1n) is 11.2. The number of rotatable bonds is 2. The van der Waals surface area contributed by atoms with Gasteiger partial charge in [-0.2, -0.15) is 0 Å². The molecule has 0 aliphatic carbocycles. The van der Waals surface area contributed by atoms with Crippen LogP contribution in [0.25, 0.3) is 32.9 Å². The van der Waals surface area contributed by atoms with Crippen molar-refractivity contribution < 1.29 is 14.3 Å². The summed E-state index contributed by atoms with van der Waals surface area (Å²) >= 11 is 0. The zero-order chi connectivity index (χ0) is 22.4. The fraction of sp³-hybridized carbons (Fsp3) is 0.222. The van der Waals surface area contributed by atoms with Crippen molar-refractivity contribution in [2.45, 2.75) is 18.4 Å². The fourth-order valence-corrected chi connectivity index (χ4v) is 5.01. The predicted octanol–water partition coefficient (Wildman–Crippen LogP) is 4.77. The zero-order valence-corrected chi connectivity index (χ0v) is 18.1. The number of carbonyl (C=O) groups is 2. The summed E-state index contributed by atoms with van der Waals surface area (Å²) in [6.07, 6.45) is 1.00. The van der Waals surface area contributed by atoms with Crippen LogP contribution in [0.1, 0.15) is 23.2 Å². The summed E-state index contributed by atoms with van der Waals surface area (Å²) in [6.45, 7) is 1.52. The third-order valence-corrected chi connectivity index (χ3v) is 6.87. The number of para-hydroxylation sites is 1. The number of benzene rings is 3. The van der Waals surface area contributed by atoms with Crippen LogP contribution in [0.5, 0.6) is 0 Å². The van der Waals surface area contributed by atoms with E-state index in [-0.39, 0.29) is 17.5 Å². The lowest BCUT2D eigenvalue weighted by molar-refractivity contribution is 0.0645. The van der Waals surface area contributed by atoms with Gasteiger partial charge in [-0.1, -0.05) is 60.7 Å². The molecule has 3 aromatic carbocycles. The van der Waals surface area contributed by atoms with Crippen LogP contribution < -0.4 is 5.32 Å². The van der Waals surface area contributed by atoms with Gasteiger partial charge in [-0.3, -0.25) is 4.79 Å². The number of nitrogens with one attached hydrogen (secondary N) is 1. The van der Waals surface area contributed by atoms with Crippen LogP contribution in [0.15, 0.2) is 72.8 Å². The van der Waals surface area contributed by atoms with Crippen molar-refractivity contribution in [1.29, 1.82) is 0 Å². The molecule has 2 saturated heterocycles. The van der Waals surface area contributed by atoms with Gasteiger partial charge in [0.05, 0.1) is 22.3 Å². The average Bonchev–Trinajstić information content (AvgIpc) is 3.22. The van der Waals surface area contributed by atoms with Crippen molar-refractivity contribution in [2.24, 2.45) is 0 Å². The largest absolute Gasteiger partial charge is 0.447 e. The van der Waals surface area contributed by atoms with Gasteiger partial charge >= 0.3 is 6.09 Å². The molecule has 0 bridgehead atoms. The molecular weight excluding hydrogens is 414 g/mol. The molecule has 1 spiro atoms. The lowest BCUT2D eigenvalue weighted by atomic mass is 9.88. The molecule has 0 unspecified atom stereocenters. The lowest BCUT2D eigenvalue weighted by Gasteiger charge is -2.37. The maximum Gasteiger partial charge on any atom is 0.407 e. The first kappa shape index (κ1) is 19.7. The summed E-state index contributed by atoms with van der Waals surface area (Å²) in [5.74, 6) is -0.00446. The predicted molar refractivity (Wildman–Crippen MR) is 127 cm³/mol. The number of amides is 2. The van der Waals surface area contributed by atoms with Crippen LogP contribution >= 0.6 is 0 Å². The van der Waals surface area contributed by atoms with Gasteiger partial charge in [-0.05, 0) is 35.7 Å². The summed E-state index contributed by atoms with van der Waals surface area (Å²) in [7, 11) is 0. The Morgan fingerprint density at radius 3 is 2.45 bits per heavy atom.